The van der Waals surface area contributed by atoms with Gasteiger partial charge in [-0.25, -0.2) is 0 Å². The predicted octanol–water partition coefficient (Wildman–Crippen LogP) is 1.60. The van der Waals surface area contributed by atoms with Gasteiger partial charge in [0.2, 0.25) is 0 Å². The molecule has 1 saturated heterocycles. The molecular formula is C10H19NO. The fourth-order valence-electron chi connectivity index (χ4n) is 1.57. The van der Waals surface area contributed by atoms with Gasteiger partial charge in [0.25, 0.3) is 0 Å². The molecule has 1 unspecified atom stereocenters. The number of ketones is 1. The Morgan fingerprint density at radius 3 is 2.67 bits per heavy atom. The van der Waals surface area contributed by atoms with Crippen LogP contribution >= 0.6 is 0 Å². The Balaban J connectivity index is 2.16. The summed E-state index contributed by atoms with van der Waals surface area (Å²) in [5.41, 5.74) is 0. The van der Waals surface area contributed by atoms with Crippen molar-refractivity contribution in [3.8, 4) is 0 Å². The number of hydrogen-bond acceptors (Lipinski definition) is 2. The molecule has 0 amide bonds. The number of carbonyl (C=O) groups excluding carboxylic acids is 1. The fraction of sp³-hybridized carbons (Fsp3) is 0.900. The molecule has 1 aliphatic rings. The zero-order valence-electron chi connectivity index (χ0n) is 8.10. The molecule has 1 rings (SSSR count). The van der Waals surface area contributed by atoms with Gasteiger partial charge in [0.15, 0.2) is 0 Å². The molecule has 0 aliphatic carbocycles. The second kappa shape index (κ2) is 4.61. The van der Waals surface area contributed by atoms with E-state index in [1.54, 1.807) is 0 Å². The van der Waals surface area contributed by atoms with E-state index >= 15 is 0 Å². The molecule has 12 heavy (non-hydrogen) atoms. The molecule has 1 atom stereocenters. The molecule has 1 aliphatic heterocycles. The van der Waals surface area contributed by atoms with Gasteiger partial charge in [-0.2, -0.15) is 0 Å². The van der Waals surface area contributed by atoms with Gasteiger partial charge in [-0.3, -0.25) is 4.79 Å². The predicted molar refractivity (Wildman–Crippen MR) is 50.1 cm³/mol. The van der Waals surface area contributed by atoms with Crippen molar-refractivity contribution < 1.29 is 4.79 Å². The van der Waals surface area contributed by atoms with Crippen LogP contribution in [0.15, 0.2) is 0 Å². The minimum atomic E-state index is 0.288. The summed E-state index contributed by atoms with van der Waals surface area (Å²) in [4.78, 5) is 11.5. The van der Waals surface area contributed by atoms with Gasteiger partial charge in [-0.15, -0.1) is 0 Å². The van der Waals surface area contributed by atoms with Crippen molar-refractivity contribution in [3.05, 3.63) is 0 Å². The van der Waals surface area contributed by atoms with Crippen molar-refractivity contribution in [1.29, 1.82) is 0 Å². The molecule has 1 fully saturated rings. The largest absolute Gasteiger partial charge is 0.316 e. The van der Waals surface area contributed by atoms with Crippen LogP contribution in [-0.4, -0.2) is 18.9 Å². The van der Waals surface area contributed by atoms with Crippen LogP contribution < -0.4 is 5.32 Å². The van der Waals surface area contributed by atoms with Crippen molar-refractivity contribution >= 4 is 5.78 Å². The first-order chi connectivity index (χ1) is 5.74. The quantitative estimate of drug-likeness (QED) is 0.677. The van der Waals surface area contributed by atoms with Crippen molar-refractivity contribution in [2.45, 2.75) is 33.1 Å². The minimum Gasteiger partial charge on any atom is -0.316 e. The van der Waals surface area contributed by atoms with E-state index in [4.69, 9.17) is 0 Å². The molecule has 2 heteroatoms. The van der Waals surface area contributed by atoms with E-state index in [9.17, 15) is 4.79 Å². The summed E-state index contributed by atoms with van der Waals surface area (Å²) in [6.45, 7) is 6.28. The molecular weight excluding hydrogens is 150 g/mol. The maximum atomic E-state index is 11.5. The number of nitrogens with one attached hydrogen (secondary N) is 1. The summed E-state index contributed by atoms with van der Waals surface area (Å²) < 4.78 is 0. The summed E-state index contributed by atoms with van der Waals surface area (Å²) >= 11 is 0. The third kappa shape index (κ3) is 2.59. The standard InChI is InChI=1S/C10H19NO/c1-3-4-8(2)10(12)5-9-6-11-7-9/h8-9,11H,3-7H2,1-2H3. The van der Waals surface area contributed by atoms with E-state index in [0.717, 1.165) is 32.4 Å². The van der Waals surface area contributed by atoms with Crippen LogP contribution in [0.4, 0.5) is 0 Å². The lowest BCUT2D eigenvalue weighted by atomic mass is 9.90. The molecule has 0 spiro atoms. The first-order valence-corrected chi connectivity index (χ1v) is 4.97. The molecule has 0 aromatic heterocycles. The third-order valence-electron chi connectivity index (χ3n) is 2.63. The Labute approximate surface area is 74.7 Å². The van der Waals surface area contributed by atoms with Crippen molar-refractivity contribution in [1.82, 2.24) is 5.32 Å². The van der Waals surface area contributed by atoms with Crippen molar-refractivity contribution in [3.63, 3.8) is 0 Å². The van der Waals surface area contributed by atoms with Crippen molar-refractivity contribution in [2.24, 2.45) is 11.8 Å². The highest BCUT2D eigenvalue weighted by atomic mass is 16.1. The lowest BCUT2D eigenvalue weighted by molar-refractivity contribution is -0.123. The average Bonchev–Trinajstić information content (AvgIpc) is 1.97. The fourth-order valence-corrected chi connectivity index (χ4v) is 1.57. The normalized spacial score (nSPS) is 20.2. The Bertz CT molecular complexity index is 152. The zero-order valence-corrected chi connectivity index (χ0v) is 8.10. The van der Waals surface area contributed by atoms with Gasteiger partial charge in [-0.05, 0) is 25.4 Å². The summed E-state index contributed by atoms with van der Waals surface area (Å²) in [5.74, 6) is 1.38. The van der Waals surface area contributed by atoms with Crippen molar-refractivity contribution in [2.75, 3.05) is 13.1 Å². The summed E-state index contributed by atoms with van der Waals surface area (Å²) in [7, 11) is 0. The van der Waals surface area contributed by atoms with E-state index < -0.39 is 0 Å². The Kier molecular flexibility index (Phi) is 3.73. The molecule has 0 bridgehead atoms. The maximum absolute atomic E-state index is 11.5. The van der Waals surface area contributed by atoms with Crippen LogP contribution in [0.5, 0.6) is 0 Å². The smallest absolute Gasteiger partial charge is 0.136 e. The summed E-state index contributed by atoms with van der Waals surface area (Å²) in [5, 5.41) is 3.19. The second-order valence-electron chi connectivity index (χ2n) is 3.88. The SMILES string of the molecule is CCCC(C)C(=O)CC1CNC1. The molecule has 0 saturated carbocycles. The highest BCUT2D eigenvalue weighted by Gasteiger charge is 2.22. The lowest BCUT2D eigenvalue weighted by Gasteiger charge is -2.27. The first kappa shape index (κ1) is 9.72. The van der Waals surface area contributed by atoms with Gasteiger partial charge in [0, 0.05) is 12.3 Å². The van der Waals surface area contributed by atoms with Gasteiger partial charge in [0.1, 0.15) is 5.78 Å². The highest BCUT2D eigenvalue weighted by Crippen LogP contribution is 2.15. The number of Topliss-reactive ketones (excluding diaryl/α,β-unsaturated/α-hetero) is 1. The highest BCUT2D eigenvalue weighted by molar-refractivity contribution is 5.80. The van der Waals surface area contributed by atoms with Gasteiger partial charge in [-0.1, -0.05) is 20.3 Å². The van der Waals surface area contributed by atoms with Gasteiger partial charge >= 0.3 is 0 Å². The van der Waals surface area contributed by atoms with Crippen LogP contribution in [0.1, 0.15) is 33.1 Å². The Hall–Kier alpha value is -0.370. The monoisotopic (exact) mass is 169 g/mol. The zero-order chi connectivity index (χ0) is 8.97. The molecule has 0 aromatic carbocycles. The van der Waals surface area contributed by atoms with Gasteiger partial charge in [0.05, 0.1) is 0 Å². The number of rotatable bonds is 5. The minimum absolute atomic E-state index is 0.288. The van der Waals surface area contributed by atoms with E-state index in [0.29, 0.717) is 11.7 Å². The lowest BCUT2D eigenvalue weighted by Crippen LogP contribution is -2.43. The summed E-state index contributed by atoms with van der Waals surface area (Å²) in [6.07, 6.45) is 2.98. The average molecular weight is 169 g/mol. The number of carbonyl (C=O) groups is 1. The molecule has 1 heterocycles. The molecule has 1 N–H and O–H groups in total. The van der Waals surface area contributed by atoms with Crippen LogP contribution in [0.25, 0.3) is 0 Å². The van der Waals surface area contributed by atoms with Gasteiger partial charge < -0.3 is 5.32 Å². The summed E-state index contributed by atoms with van der Waals surface area (Å²) in [6, 6.07) is 0. The first-order valence-electron chi connectivity index (χ1n) is 4.97. The molecule has 0 radical (unpaired) electrons. The van der Waals surface area contributed by atoms with E-state index in [1.807, 2.05) is 0 Å². The second-order valence-corrected chi connectivity index (χ2v) is 3.88. The van der Waals surface area contributed by atoms with E-state index in [1.165, 1.54) is 0 Å². The Morgan fingerprint density at radius 1 is 1.58 bits per heavy atom. The van der Waals surface area contributed by atoms with Crippen LogP contribution in [0.3, 0.4) is 0 Å². The van der Waals surface area contributed by atoms with Crippen LogP contribution in [-0.2, 0) is 4.79 Å². The van der Waals surface area contributed by atoms with Crippen LogP contribution in [0.2, 0.25) is 0 Å². The number of hydrogen-bond donors (Lipinski definition) is 1. The molecule has 70 valence electrons. The maximum Gasteiger partial charge on any atom is 0.136 e. The van der Waals surface area contributed by atoms with Crippen LogP contribution in [0, 0.1) is 11.8 Å². The van der Waals surface area contributed by atoms with E-state index in [2.05, 4.69) is 19.2 Å². The Morgan fingerprint density at radius 2 is 2.25 bits per heavy atom. The molecule has 2 nitrogen and oxygen atoms in total. The van der Waals surface area contributed by atoms with E-state index in [-0.39, 0.29) is 5.92 Å². The molecule has 0 aromatic rings. The third-order valence-corrected chi connectivity index (χ3v) is 2.63. The topological polar surface area (TPSA) is 29.1 Å².